The van der Waals surface area contributed by atoms with Crippen LogP contribution in [0.3, 0.4) is 0 Å². The SMILES string of the molecule is CC1CN=C(NCC(C)(C)CN(C)C)S1. The van der Waals surface area contributed by atoms with Gasteiger partial charge in [0.05, 0.1) is 6.54 Å². The van der Waals surface area contributed by atoms with Crippen molar-refractivity contribution >= 4 is 16.9 Å². The first kappa shape index (κ1) is 12.8. The molecule has 15 heavy (non-hydrogen) atoms. The third kappa shape index (κ3) is 4.89. The highest BCUT2D eigenvalue weighted by molar-refractivity contribution is 8.14. The summed E-state index contributed by atoms with van der Waals surface area (Å²) in [6.07, 6.45) is 0. The van der Waals surface area contributed by atoms with Gasteiger partial charge in [-0.3, -0.25) is 4.99 Å². The maximum absolute atomic E-state index is 4.45. The van der Waals surface area contributed by atoms with Crippen LogP contribution in [0.15, 0.2) is 4.99 Å². The third-order valence-electron chi connectivity index (χ3n) is 2.27. The van der Waals surface area contributed by atoms with Gasteiger partial charge in [-0.15, -0.1) is 0 Å². The van der Waals surface area contributed by atoms with Crippen molar-refractivity contribution in [2.24, 2.45) is 10.4 Å². The van der Waals surface area contributed by atoms with Crippen LogP contribution in [0.5, 0.6) is 0 Å². The normalized spacial score (nSPS) is 22.0. The van der Waals surface area contributed by atoms with E-state index in [4.69, 9.17) is 0 Å². The summed E-state index contributed by atoms with van der Waals surface area (Å²) in [4.78, 5) is 6.68. The van der Waals surface area contributed by atoms with Gasteiger partial charge in [-0.2, -0.15) is 0 Å². The largest absolute Gasteiger partial charge is 0.364 e. The van der Waals surface area contributed by atoms with Gasteiger partial charge >= 0.3 is 0 Å². The van der Waals surface area contributed by atoms with Gasteiger partial charge in [-0.25, -0.2) is 0 Å². The Labute approximate surface area is 97.7 Å². The molecule has 1 aliphatic heterocycles. The van der Waals surface area contributed by atoms with Gasteiger partial charge in [0.2, 0.25) is 0 Å². The Morgan fingerprint density at radius 1 is 1.53 bits per heavy atom. The first-order valence-corrected chi connectivity index (χ1v) is 6.37. The summed E-state index contributed by atoms with van der Waals surface area (Å²) >= 11 is 1.85. The molecule has 1 N–H and O–H groups in total. The molecule has 0 aromatic rings. The molecule has 1 rings (SSSR count). The van der Waals surface area contributed by atoms with Crippen LogP contribution < -0.4 is 5.32 Å². The Morgan fingerprint density at radius 3 is 2.67 bits per heavy atom. The number of rotatable bonds is 4. The van der Waals surface area contributed by atoms with Crippen LogP contribution in [0.1, 0.15) is 20.8 Å². The van der Waals surface area contributed by atoms with Crippen molar-refractivity contribution in [1.29, 1.82) is 0 Å². The van der Waals surface area contributed by atoms with E-state index in [0.717, 1.165) is 24.8 Å². The zero-order valence-electron chi connectivity index (χ0n) is 10.5. The van der Waals surface area contributed by atoms with E-state index in [0.29, 0.717) is 10.7 Å². The predicted octanol–water partition coefficient (Wildman–Crippen LogP) is 1.66. The average molecular weight is 229 g/mol. The van der Waals surface area contributed by atoms with E-state index < -0.39 is 0 Å². The van der Waals surface area contributed by atoms with E-state index in [1.807, 2.05) is 11.8 Å². The number of amidine groups is 1. The van der Waals surface area contributed by atoms with Gasteiger partial charge in [-0.05, 0) is 19.5 Å². The maximum atomic E-state index is 4.45. The Morgan fingerprint density at radius 2 is 2.20 bits per heavy atom. The quantitative estimate of drug-likeness (QED) is 0.794. The summed E-state index contributed by atoms with van der Waals surface area (Å²) in [6.45, 7) is 9.82. The van der Waals surface area contributed by atoms with Gasteiger partial charge in [-0.1, -0.05) is 32.5 Å². The molecule has 1 aliphatic rings. The van der Waals surface area contributed by atoms with E-state index in [1.165, 1.54) is 0 Å². The molecule has 0 saturated heterocycles. The predicted molar refractivity (Wildman–Crippen MR) is 69.7 cm³/mol. The van der Waals surface area contributed by atoms with Gasteiger partial charge in [0.15, 0.2) is 5.17 Å². The van der Waals surface area contributed by atoms with Crippen LogP contribution in [0.4, 0.5) is 0 Å². The summed E-state index contributed by atoms with van der Waals surface area (Å²) < 4.78 is 0. The number of aliphatic imine (C=N–C) groups is 1. The number of nitrogens with one attached hydrogen (secondary N) is 1. The van der Waals surface area contributed by atoms with Crippen LogP contribution in [0.25, 0.3) is 0 Å². The molecule has 4 heteroatoms. The molecule has 0 fully saturated rings. The summed E-state index contributed by atoms with van der Waals surface area (Å²) in [5.74, 6) is 0. The average Bonchev–Trinajstić information content (AvgIpc) is 2.46. The number of nitrogens with zero attached hydrogens (tertiary/aromatic N) is 2. The van der Waals surface area contributed by atoms with Crippen LogP contribution in [-0.4, -0.2) is 49.0 Å². The van der Waals surface area contributed by atoms with Gasteiger partial charge in [0.25, 0.3) is 0 Å². The Kier molecular flexibility index (Phi) is 4.46. The summed E-state index contributed by atoms with van der Waals surface area (Å²) in [6, 6.07) is 0. The molecule has 88 valence electrons. The smallest absolute Gasteiger partial charge is 0.156 e. The lowest BCUT2D eigenvalue weighted by atomic mass is 9.93. The fraction of sp³-hybridized carbons (Fsp3) is 0.909. The summed E-state index contributed by atoms with van der Waals surface area (Å²) in [7, 11) is 4.23. The fourth-order valence-electron chi connectivity index (χ4n) is 1.80. The molecular formula is C11H23N3S. The third-order valence-corrected chi connectivity index (χ3v) is 3.32. The maximum Gasteiger partial charge on any atom is 0.156 e. The van der Waals surface area contributed by atoms with E-state index in [2.05, 4.69) is 50.1 Å². The lowest BCUT2D eigenvalue weighted by Gasteiger charge is -2.28. The standard InChI is InChI=1S/C11H23N3S/c1-9-6-12-10(15-9)13-7-11(2,3)8-14(4)5/h9H,6-8H2,1-5H3,(H,12,13). The molecule has 3 nitrogen and oxygen atoms in total. The number of hydrogen-bond acceptors (Lipinski definition) is 4. The Hall–Kier alpha value is -0.220. The number of hydrogen-bond donors (Lipinski definition) is 1. The molecule has 0 aromatic carbocycles. The molecule has 0 aromatic heterocycles. The summed E-state index contributed by atoms with van der Waals surface area (Å²) in [5.41, 5.74) is 0.290. The van der Waals surface area contributed by atoms with E-state index >= 15 is 0 Å². The molecule has 0 amide bonds. The lowest BCUT2D eigenvalue weighted by molar-refractivity contribution is 0.242. The van der Waals surface area contributed by atoms with Gasteiger partial charge < -0.3 is 10.2 Å². The number of thioether (sulfide) groups is 1. The van der Waals surface area contributed by atoms with Crippen molar-refractivity contribution in [3.05, 3.63) is 0 Å². The molecule has 0 saturated carbocycles. The second-order valence-corrected chi connectivity index (χ2v) is 6.76. The van der Waals surface area contributed by atoms with Gasteiger partial charge in [0.1, 0.15) is 0 Å². The molecule has 0 bridgehead atoms. The van der Waals surface area contributed by atoms with Crippen molar-refractivity contribution in [2.75, 3.05) is 33.7 Å². The van der Waals surface area contributed by atoms with Crippen LogP contribution in [0.2, 0.25) is 0 Å². The molecule has 1 heterocycles. The fourth-order valence-corrected chi connectivity index (χ4v) is 2.64. The van der Waals surface area contributed by atoms with Crippen LogP contribution >= 0.6 is 11.8 Å². The zero-order chi connectivity index (χ0) is 11.5. The van der Waals surface area contributed by atoms with Crippen molar-refractivity contribution < 1.29 is 0 Å². The highest BCUT2D eigenvalue weighted by Gasteiger charge is 2.21. The summed E-state index contributed by atoms with van der Waals surface area (Å²) in [5, 5.41) is 5.21. The molecule has 1 unspecified atom stereocenters. The Bertz CT molecular complexity index is 236. The topological polar surface area (TPSA) is 27.6 Å². The monoisotopic (exact) mass is 229 g/mol. The van der Waals surface area contributed by atoms with E-state index in [1.54, 1.807) is 0 Å². The van der Waals surface area contributed by atoms with Crippen molar-refractivity contribution in [2.45, 2.75) is 26.0 Å². The molecule has 1 atom stereocenters. The minimum absolute atomic E-state index is 0.290. The first-order valence-electron chi connectivity index (χ1n) is 5.49. The Balaban J connectivity index is 2.30. The van der Waals surface area contributed by atoms with Crippen molar-refractivity contribution in [3.8, 4) is 0 Å². The second kappa shape index (κ2) is 5.21. The highest BCUT2D eigenvalue weighted by Crippen LogP contribution is 2.20. The molecular weight excluding hydrogens is 206 g/mol. The zero-order valence-corrected chi connectivity index (χ0v) is 11.3. The minimum Gasteiger partial charge on any atom is -0.364 e. The molecule has 0 spiro atoms. The minimum atomic E-state index is 0.290. The van der Waals surface area contributed by atoms with Crippen molar-refractivity contribution in [3.63, 3.8) is 0 Å². The first-order chi connectivity index (χ1) is 6.89. The lowest BCUT2D eigenvalue weighted by Crippen LogP contribution is -2.39. The van der Waals surface area contributed by atoms with E-state index in [-0.39, 0.29) is 0 Å². The van der Waals surface area contributed by atoms with E-state index in [9.17, 15) is 0 Å². The van der Waals surface area contributed by atoms with Gasteiger partial charge in [0, 0.05) is 18.3 Å². The molecule has 0 radical (unpaired) electrons. The molecule has 0 aliphatic carbocycles. The van der Waals surface area contributed by atoms with Crippen LogP contribution in [-0.2, 0) is 0 Å². The highest BCUT2D eigenvalue weighted by atomic mass is 32.2. The van der Waals surface area contributed by atoms with Crippen LogP contribution in [0, 0.1) is 5.41 Å². The van der Waals surface area contributed by atoms with Crippen molar-refractivity contribution in [1.82, 2.24) is 10.2 Å². The second-order valence-electron chi connectivity index (χ2n) is 5.33.